The SMILES string of the molecule is c1ccc(-c2cc(-c3ccccc3)cc(-c3cccc(-c4cccc5c4sc4ccccc45)c3)c2)cc1.c1ccc(-n2c(-c3cc(-c4nc5ccccc5n4-c4ccccc4)cc(-c4nc5ccccc5n4-c4ccccc4)c3)nc3ccccc32)cc1.c1cncc(-c2cccc(-c3cc(-c4cccc(-c5cccnc5)c4)cc(-c4cccc(-c5cccnc5)c4)c3)c2)c1. The molecule has 0 saturated carbocycles. The topological polar surface area (TPSA) is 92.1 Å². The van der Waals surface area contributed by atoms with Crippen LogP contribution in [0.5, 0.6) is 0 Å². The predicted octanol–water partition coefficient (Wildman–Crippen LogP) is 31.3. The second-order valence-corrected chi connectivity index (χ2v) is 33.3. The van der Waals surface area contributed by atoms with Gasteiger partial charge in [0.15, 0.2) is 0 Å². The smallest absolute Gasteiger partial charge is 0.145 e. The summed E-state index contributed by atoms with van der Waals surface area (Å²) >= 11 is 1.88. The third-order valence-electron chi connectivity index (χ3n) is 24.0. The van der Waals surface area contributed by atoms with E-state index in [1.54, 1.807) is 0 Å². The number of nitrogens with zero attached hydrogens (tertiary/aromatic N) is 9. The van der Waals surface area contributed by atoms with E-state index in [2.05, 4.69) is 429 Å². The third kappa shape index (κ3) is 16.0. The van der Waals surface area contributed by atoms with Gasteiger partial charge in [0.2, 0.25) is 0 Å². The van der Waals surface area contributed by atoms with Crippen LogP contribution in [0.25, 0.3) is 216 Å². The van der Waals surface area contributed by atoms with Crippen molar-refractivity contribution in [1.82, 2.24) is 43.6 Å². The number of hydrogen-bond donors (Lipinski definition) is 0. The highest BCUT2D eigenvalue weighted by molar-refractivity contribution is 7.26. The molecule has 9 nitrogen and oxygen atoms in total. The lowest BCUT2D eigenvalue weighted by atomic mass is 9.91. The number of fused-ring (bicyclic) bond motifs is 6. The van der Waals surface area contributed by atoms with E-state index in [4.69, 9.17) is 15.0 Å². The summed E-state index contributed by atoms with van der Waals surface area (Å²) in [5.41, 5.74) is 35.5. The Bertz CT molecular complexity index is 7570. The van der Waals surface area contributed by atoms with Crippen molar-refractivity contribution in [3.8, 4) is 162 Å². The van der Waals surface area contributed by atoms with Crippen molar-refractivity contribution in [1.29, 1.82) is 0 Å². The Morgan fingerprint density at radius 2 is 0.431 bits per heavy atom. The molecule has 24 aromatic rings. The summed E-state index contributed by atoms with van der Waals surface area (Å²) < 4.78 is 9.43. The van der Waals surface area contributed by atoms with Gasteiger partial charge < -0.3 is 0 Å². The Balaban J connectivity index is 0.000000116. The molecule has 0 aliphatic heterocycles. The highest BCUT2D eigenvalue weighted by atomic mass is 32.1. The van der Waals surface area contributed by atoms with Crippen molar-refractivity contribution in [3.05, 3.63) is 492 Å². The number of hydrogen-bond acceptors (Lipinski definition) is 7. The Labute approximate surface area is 757 Å². The van der Waals surface area contributed by atoms with Crippen LogP contribution >= 0.6 is 11.3 Å². The minimum absolute atomic E-state index is 0.843. The zero-order chi connectivity index (χ0) is 86.5. The first kappa shape index (κ1) is 78.8. The van der Waals surface area contributed by atoms with Gasteiger partial charge >= 0.3 is 0 Å². The summed E-state index contributed by atoms with van der Waals surface area (Å²) in [4.78, 5) is 28.8. The molecular formula is C120H81N9S. The number of para-hydroxylation sites is 9. The zero-order valence-corrected chi connectivity index (χ0v) is 71.5. The van der Waals surface area contributed by atoms with Gasteiger partial charge in [-0.3, -0.25) is 28.7 Å². The number of rotatable bonds is 16. The van der Waals surface area contributed by atoms with Crippen LogP contribution in [0.4, 0.5) is 0 Å². The lowest BCUT2D eigenvalue weighted by molar-refractivity contribution is 1.09. The van der Waals surface area contributed by atoms with Gasteiger partial charge in [0, 0.05) is 108 Å². The molecule has 0 unspecified atom stereocenters. The van der Waals surface area contributed by atoms with Crippen molar-refractivity contribution in [3.63, 3.8) is 0 Å². The van der Waals surface area contributed by atoms with Crippen molar-refractivity contribution >= 4 is 64.6 Å². The van der Waals surface area contributed by atoms with E-state index in [-0.39, 0.29) is 0 Å². The van der Waals surface area contributed by atoms with E-state index in [9.17, 15) is 0 Å². The van der Waals surface area contributed by atoms with Gasteiger partial charge in [0.1, 0.15) is 17.5 Å². The van der Waals surface area contributed by atoms with E-state index in [0.717, 1.165) is 151 Å². The number of imidazole rings is 3. The van der Waals surface area contributed by atoms with Gasteiger partial charge in [-0.2, -0.15) is 0 Å². The van der Waals surface area contributed by atoms with E-state index < -0.39 is 0 Å². The Kier molecular flexibility index (Phi) is 21.5. The molecule has 0 radical (unpaired) electrons. The molecule has 24 rings (SSSR count). The first-order valence-corrected chi connectivity index (χ1v) is 44.4. The first-order valence-electron chi connectivity index (χ1n) is 43.6. The molecule has 0 N–H and O–H groups in total. The average molecular weight is 1680 g/mol. The average Bonchev–Trinajstić information content (AvgIpc) is 1.58. The van der Waals surface area contributed by atoms with Crippen LogP contribution in [0.15, 0.2) is 492 Å². The van der Waals surface area contributed by atoms with Gasteiger partial charge in [0.25, 0.3) is 0 Å². The molecule has 7 aromatic heterocycles. The van der Waals surface area contributed by atoms with E-state index in [0.29, 0.717) is 0 Å². The summed E-state index contributed by atoms with van der Waals surface area (Å²) in [5, 5.41) is 2.67. The maximum Gasteiger partial charge on any atom is 0.145 e. The minimum atomic E-state index is 0.843. The van der Waals surface area contributed by atoms with Crippen molar-refractivity contribution in [2.75, 3.05) is 0 Å². The standard InChI is InChI=1S/C45H30N6.C39H27N3.C36H24S/c1-4-16-34(17-5-1)49-40-25-13-10-22-37(40)46-43(49)31-28-32(44-47-38-23-11-14-26-41(38)50(44)35-18-6-2-7-19-35)30-33(29-31)45-48-39-24-12-15-27-42(39)51(45)36-20-8-3-9-21-36;1-7-28(34-13-4-16-40-25-34)19-31(10-1)37-22-38(32-11-2-8-29(20-32)35-14-5-17-41-26-35)24-39(23-37)33-12-3-9-30(21-33)36-15-6-18-42-27-36;1-3-11-25(12-4-1)29-22-30(26-13-5-2-6-14-26)24-31(23-29)27-15-9-16-28(21-27)32-18-10-19-34-33-17-7-8-20-35(33)37-36(32)34/h1-30H;1-27H;1-24H. The zero-order valence-electron chi connectivity index (χ0n) is 70.7. The maximum atomic E-state index is 5.28. The molecule has 0 saturated heterocycles. The number of pyridine rings is 3. The molecule has 0 atom stereocenters. The van der Waals surface area contributed by atoms with Crippen LogP contribution in [-0.4, -0.2) is 43.6 Å². The summed E-state index contributed by atoms with van der Waals surface area (Å²) in [6, 6.07) is 161. The maximum absolute atomic E-state index is 5.28. The van der Waals surface area contributed by atoms with Crippen molar-refractivity contribution < 1.29 is 0 Å². The summed E-state index contributed by atoms with van der Waals surface area (Å²) in [7, 11) is 0. The molecule has 0 amide bonds. The molecule has 130 heavy (non-hydrogen) atoms. The normalized spacial score (nSPS) is 11.2. The highest BCUT2D eigenvalue weighted by Gasteiger charge is 2.24. The lowest BCUT2D eigenvalue weighted by Crippen LogP contribution is -2.02. The van der Waals surface area contributed by atoms with E-state index >= 15 is 0 Å². The van der Waals surface area contributed by atoms with E-state index in [1.165, 1.54) is 64.7 Å². The monoisotopic (exact) mass is 1680 g/mol. The number of aromatic nitrogens is 9. The van der Waals surface area contributed by atoms with Crippen LogP contribution in [0, 0.1) is 0 Å². The van der Waals surface area contributed by atoms with Crippen LogP contribution in [-0.2, 0) is 0 Å². The molecule has 17 aromatic carbocycles. The lowest BCUT2D eigenvalue weighted by Gasteiger charge is -2.15. The van der Waals surface area contributed by atoms with Gasteiger partial charge in [-0.05, 0) is 271 Å². The fourth-order valence-electron chi connectivity index (χ4n) is 17.8. The Hall–Kier alpha value is -17.2. The van der Waals surface area contributed by atoms with E-state index in [1.807, 2.05) is 103 Å². The molecule has 10 heteroatoms. The summed E-state index contributed by atoms with van der Waals surface area (Å²) in [6.07, 6.45) is 11.2. The van der Waals surface area contributed by atoms with Crippen LogP contribution in [0.1, 0.15) is 0 Å². The second kappa shape index (κ2) is 35.5. The molecule has 612 valence electrons. The van der Waals surface area contributed by atoms with Gasteiger partial charge in [-0.25, -0.2) is 15.0 Å². The second-order valence-electron chi connectivity index (χ2n) is 32.2. The van der Waals surface area contributed by atoms with Crippen LogP contribution in [0.3, 0.4) is 0 Å². The summed E-state index contributed by atoms with van der Waals surface area (Å²) in [6.45, 7) is 0. The number of thiophene rings is 1. The molecule has 0 spiro atoms. The Morgan fingerprint density at radius 1 is 0.177 bits per heavy atom. The largest absolute Gasteiger partial charge is 0.292 e. The fourth-order valence-corrected chi connectivity index (χ4v) is 19.0. The molecule has 0 bridgehead atoms. The molecule has 0 aliphatic rings. The number of benzene rings is 17. The first-order chi connectivity index (χ1) is 64.4. The fraction of sp³-hybridized carbons (Fsp3) is 0. The molecule has 7 heterocycles. The third-order valence-corrected chi connectivity index (χ3v) is 25.2. The van der Waals surface area contributed by atoms with Gasteiger partial charge in [-0.1, -0.05) is 279 Å². The van der Waals surface area contributed by atoms with Crippen molar-refractivity contribution in [2.45, 2.75) is 0 Å². The van der Waals surface area contributed by atoms with Crippen LogP contribution < -0.4 is 0 Å². The molecule has 0 fully saturated rings. The van der Waals surface area contributed by atoms with Crippen LogP contribution in [0.2, 0.25) is 0 Å². The Morgan fingerprint density at radius 3 is 0.785 bits per heavy atom. The molecular weight excluding hydrogens is 1600 g/mol. The van der Waals surface area contributed by atoms with Gasteiger partial charge in [-0.15, -0.1) is 11.3 Å². The summed E-state index contributed by atoms with van der Waals surface area (Å²) in [5.74, 6) is 2.53. The highest BCUT2D eigenvalue weighted by Crippen LogP contribution is 2.45. The minimum Gasteiger partial charge on any atom is -0.292 e. The predicted molar refractivity (Wildman–Crippen MR) is 540 cm³/mol. The molecule has 0 aliphatic carbocycles. The quantitative estimate of drug-likeness (QED) is 0.0957. The van der Waals surface area contributed by atoms with Gasteiger partial charge in [0.05, 0.1) is 33.1 Å². The van der Waals surface area contributed by atoms with Crippen molar-refractivity contribution in [2.24, 2.45) is 0 Å².